The average molecular weight is 272 g/mol. The molecular formula is C17H18ClN. The van der Waals surface area contributed by atoms with Crippen molar-refractivity contribution in [2.75, 3.05) is 0 Å². The maximum Gasteiger partial charge on any atom is 0.0484 e. The van der Waals surface area contributed by atoms with E-state index in [2.05, 4.69) is 36.5 Å². The predicted molar refractivity (Wildman–Crippen MR) is 81.5 cm³/mol. The molecule has 0 radical (unpaired) electrons. The van der Waals surface area contributed by atoms with Crippen molar-refractivity contribution in [1.82, 2.24) is 5.32 Å². The van der Waals surface area contributed by atoms with Crippen LogP contribution in [0.2, 0.25) is 5.02 Å². The van der Waals surface area contributed by atoms with Crippen molar-refractivity contribution < 1.29 is 0 Å². The standard InChI is InChI=1S/C17H18ClN/c1-12-6-7-13(11-19-14-8-9-14)10-16(12)15-4-2-3-5-17(15)18/h2-7,10,14,19H,8-9,11H2,1H3. The van der Waals surface area contributed by atoms with Crippen LogP contribution in [0.15, 0.2) is 42.5 Å². The van der Waals surface area contributed by atoms with Crippen LogP contribution in [-0.2, 0) is 6.54 Å². The predicted octanol–water partition coefficient (Wildman–Crippen LogP) is 4.57. The van der Waals surface area contributed by atoms with Crippen molar-refractivity contribution in [3.63, 3.8) is 0 Å². The number of nitrogens with one attached hydrogen (secondary N) is 1. The van der Waals surface area contributed by atoms with E-state index in [1.54, 1.807) is 0 Å². The number of halogens is 1. The smallest absolute Gasteiger partial charge is 0.0484 e. The van der Waals surface area contributed by atoms with E-state index in [0.29, 0.717) is 0 Å². The number of benzene rings is 2. The Morgan fingerprint density at radius 3 is 2.63 bits per heavy atom. The SMILES string of the molecule is Cc1ccc(CNC2CC2)cc1-c1ccccc1Cl. The molecule has 0 unspecified atom stereocenters. The van der Waals surface area contributed by atoms with E-state index in [0.717, 1.165) is 23.2 Å². The Balaban J connectivity index is 1.90. The summed E-state index contributed by atoms with van der Waals surface area (Å²) in [4.78, 5) is 0. The lowest BCUT2D eigenvalue weighted by Gasteiger charge is -2.11. The van der Waals surface area contributed by atoms with Crippen molar-refractivity contribution >= 4 is 11.6 Å². The van der Waals surface area contributed by atoms with Crippen molar-refractivity contribution in [1.29, 1.82) is 0 Å². The third-order valence-electron chi connectivity index (χ3n) is 3.64. The van der Waals surface area contributed by atoms with Crippen LogP contribution in [0.1, 0.15) is 24.0 Å². The highest BCUT2D eigenvalue weighted by atomic mass is 35.5. The van der Waals surface area contributed by atoms with Gasteiger partial charge in [-0.15, -0.1) is 0 Å². The van der Waals surface area contributed by atoms with E-state index >= 15 is 0 Å². The molecule has 0 amide bonds. The fourth-order valence-electron chi connectivity index (χ4n) is 2.30. The summed E-state index contributed by atoms with van der Waals surface area (Å²) in [5.41, 5.74) is 4.95. The van der Waals surface area contributed by atoms with Gasteiger partial charge in [0, 0.05) is 23.2 Å². The van der Waals surface area contributed by atoms with E-state index in [1.807, 2.05) is 18.2 Å². The minimum absolute atomic E-state index is 0.741. The van der Waals surface area contributed by atoms with Crippen LogP contribution in [0.3, 0.4) is 0 Å². The zero-order chi connectivity index (χ0) is 13.2. The first-order valence-corrected chi connectivity index (χ1v) is 7.19. The Kier molecular flexibility index (Phi) is 3.58. The van der Waals surface area contributed by atoms with Gasteiger partial charge in [-0.25, -0.2) is 0 Å². The van der Waals surface area contributed by atoms with Gasteiger partial charge in [0.05, 0.1) is 0 Å². The highest BCUT2D eigenvalue weighted by Crippen LogP contribution is 2.31. The molecule has 2 heteroatoms. The molecule has 1 nitrogen and oxygen atoms in total. The molecule has 0 atom stereocenters. The summed E-state index contributed by atoms with van der Waals surface area (Å²) in [5.74, 6) is 0. The molecule has 0 saturated heterocycles. The second-order valence-corrected chi connectivity index (χ2v) is 5.69. The van der Waals surface area contributed by atoms with Gasteiger partial charge in [0.15, 0.2) is 0 Å². The maximum absolute atomic E-state index is 6.30. The van der Waals surface area contributed by atoms with Gasteiger partial charge in [-0.2, -0.15) is 0 Å². The summed E-state index contributed by atoms with van der Waals surface area (Å²) in [6.45, 7) is 3.08. The maximum atomic E-state index is 6.30. The molecule has 2 aromatic carbocycles. The fraction of sp³-hybridized carbons (Fsp3) is 0.294. The summed E-state index contributed by atoms with van der Waals surface area (Å²) in [5, 5.41) is 4.37. The van der Waals surface area contributed by atoms with E-state index in [4.69, 9.17) is 11.6 Å². The number of hydrogen-bond acceptors (Lipinski definition) is 1. The van der Waals surface area contributed by atoms with Crippen LogP contribution < -0.4 is 5.32 Å². The van der Waals surface area contributed by atoms with Gasteiger partial charge in [0.2, 0.25) is 0 Å². The van der Waals surface area contributed by atoms with Crippen LogP contribution in [-0.4, -0.2) is 6.04 Å². The molecule has 1 fully saturated rings. The fourth-order valence-corrected chi connectivity index (χ4v) is 2.54. The highest BCUT2D eigenvalue weighted by molar-refractivity contribution is 6.33. The third kappa shape index (κ3) is 2.99. The molecule has 0 spiro atoms. The second-order valence-electron chi connectivity index (χ2n) is 5.28. The van der Waals surface area contributed by atoms with Gasteiger partial charge in [-0.1, -0.05) is 41.9 Å². The molecular weight excluding hydrogens is 254 g/mol. The van der Waals surface area contributed by atoms with E-state index in [-0.39, 0.29) is 0 Å². The lowest BCUT2D eigenvalue weighted by molar-refractivity contribution is 0.688. The Bertz CT molecular complexity index is 588. The molecule has 3 rings (SSSR count). The molecule has 1 N–H and O–H groups in total. The molecule has 1 aliphatic rings. The number of hydrogen-bond donors (Lipinski definition) is 1. The van der Waals surface area contributed by atoms with E-state index < -0.39 is 0 Å². The number of rotatable bonds is 4. The molecule has 2 aromatic rings. The zero-order valence-electron chi connectivity index (χ0n) is 11.1. The van der Waals surface area contributed by atoms with E-state index in [1.165, 1.54) is 29.5 Å². The normalized spacial score (nSPS) is 14.6. The van der Waals surface area contributed by atoms with Crippen molar-refractivity contribution in [3.05, 3.63) is 58.6 Å². The van der Waals surface area contributed by atoms with Crippen LogP contribution in [0.25, 0.3) is 11.1 Å². The first-order chi connectivity index (χ1) is 9.24. The van der Waals surface area contributed by atoms with Gasteiger partial charge in [-0.3, -0.25) is 0 Å². The molecule has 0 aliphatic heterocycles. The first kappa shape index (κ1) is 12.7. The molecule has 98 valence electrons. The topological polar surface area (TPSA) is 12.0 Å². The molecule has 19 heavy (non-hydrogen) atoms. The highest BCUT2D eigenvalue weighted by Gasteiger charge is 2.20. The van der Waals surface area contributed by atoms with Crippen molar-refractivity contribution in [3.8, 4) is 11.1 Å². The lowest BCUT2D eigenvalue weighted by atomic mass is 9.98. The summed E-state index contributed by atoms with van der Waals surface area (Å²) >= 11 is 6.30. The Morgan fingerprint density at radius 1 is 1.11 bits per heavy atom. The minimum Gasteiger partial charge on any atom is -0.310 e. The molecule has 1 aliphatic carbocycles. The Morgan fingerprint density at radius 2 is 1.89 bits per heavy atom. The average Bonchev–Trinajstić information content (AvgIpc) is 3.23. The van der Waals surface area contributed by atoms with E-state index in [9.17, 15) is 0 Å². The Labute approximate surface area is 119 Å². The summed E-state index contributed by atoms with van der Waals surface area (Å²) in [6.07, 6.45) is 2.65. The third-order valence-corrected chi connectivity index (χ3v) is 3.97. The summed E-state index contributed by atoms with van der Waals surface area (Å²) < 4.78 is 0. The van der Waals surface area contributed by atoms with Crippen molar-refractivity contribution in [2.45, 2.75) is 32.4 Å². The zero-order valence-corrected chi connectivity index (χ0v) is 11.9. The summed E-state index contributed by atoms with van der Waals surface area (Å²) in [7, 11) is 0. The quantitative estimate of drug-likeness (QED) is 0.859. The van der Waals surface area contributed by atoms with Gasteiger partial charge in [0.1, 0.15) is 0 Å². The molecule has 0 bridgehead atoms. The van der Waals surface area contributed by atoms with Gasteiger partial charge >= 0.3 is 0 Å². The first-order valence-electron chi connectivity index (χ1n) is 6.82. The number of aryl methyl sites for hydroxylation is 1. The monoisotopic (exact) mass is 271 g/mol. The molecule has 0 aromatic heterocycles. The van der Waals surface area contributed by atoms with Gasteiger partial charge in [-0.05, 0) is 48.6 Å². The van der Waals surface area contributed by atoms with Crippen LogP contribution in [0, 0.1) is 6.92 Å². The molecule has 1 saturated carbocycles. The molecule has 0 heterocycles. The van der Waals surface area contributed by atoms with Gasteiger partial charge in [0.25, 0.3) is 0 Å². The van der Waals surface area contributed by atoms with Crippen LogP contribution >= 0.6 is 11.6 Å². The van der Waals surface area contributed by atoms with Crippen LogP contribution in [0.5, 0.6) is 0 Å². The van der Waals surface area contributed by atoms with Crippen LogP contribution in [0.4, 0.5) is 0 Å². The lowest BCUT2D eigenvalue weighted by Crippen LogP contribution is -2.15. The summed E-state index contributed by atoms with van der Waals surface area (Å²) in [6, 6.07) is 15.4. The largest absolute Gasteiger partial charge is 0.310 e. The minimum atomic E-state index is 0.741. The van der Waals surface area contributed by atoms with Crippen molar-refractivity contribution in [2.24, 2.45) is 0 Å². The van der Waals surface area contributed by atoms with Gasteiger partial charge < -0.3 is 5.32 Å². The second kappa shape index (κ2) is 5.36. The Hall–Kier alpha value is -1.31.